The highest BCUT2D eigenvalue weighted by molar-refractivity contribution is 6.87. The van der Waals surface area contributed by atoms with Crippen molar-refractivity contribution < 1.29 is 34.1 Å². The molecule has 8 unspecified atom stereocenters. The summed E-state index contributed by atoms with van der Waals surface area (Å²) in [5, 5.41) is 48.1. The SMILES string of the molecule is CC(C)(C[C@@]1(O)CC[C@@]2(C)C(=CC(O)C3C2CC[C@]2(C)C(=O)CCC32)C1)[Si](C)(C)O[Si](C)(C)C(C)(C)C[C@]1(O)CC[C@@]2(C)C(=CC(O)C3C2CC[C@]2(C)C(=O)CCC32)C1. The normalized spacial score (nSPS) is 47.6. The molecule has 0 heterocycles. The van der Waals surface area contributed by atoms with Gasteiger partial charge in [0, 0.05) is 23.7 Å². The Bertz CT molecular complexity index is 1690. The first-order chi connectivity index (χ1) is 27.0. The molecule has 0 radical (unpaired) electrons. The van der Waals surface area contributed by atoms with Gasteiger partial charge in [-0.1, -0.05) is 78.7 Å². The summed E-state index contributed by atoms with van der Waals surface area (Å²) in [4.78, 5) is 26.0. The lowest BCUT2D eigenvalue weighted by Gasteiger charge is -2.60. The number of hydrogen-bond donors (Lipinski definition) is 4. The molecule has 332 valence electrons. The van der Waals surface area contributed by atoms with Crippen molar-refractivity contribution in [2.24, 2.45) is 57.2 Å². The van der Waals surface area contributed by atoms with Crippen molar-refractivity contribution >= 4 is 28.2 Å². The summed E-state index contributed by atoms with van der Waals surface area (Å²) in [5.41, 5.74) is -0.0196. The van der Waals surface area contributed by atoms with Crippen LogP contribution < -0.4 is 0 Å². The average molecular weight is 851 g/mol. The third-order valence-electron chi connectivity index (χ3n) is 21.3. The molecule has 59 heavy (non-hydrogen) atoms. The van der Waals surface area contributed by atoms with E-state index in [0.717, 1.165) is 64.2 Å². The fraction of sp³-hybridized carbons (Fsp3) is 0.880. The van der Waals surface area contributed by atoms with E-state index in [1.807, 2.05) is 0 Å². The molecule has 0 aromatic carbocycles. The van der Waals surface area contributed by atoms with E-state index in [9.17, 15) is 30.0 Å². The number of carbonyl (C=O) groups is 2. The van der Waals surface area contributed by atoms with Gasteiger partial charge in [0.25, 0.3) is 0 Å². The quantitative estimate of drug-likeness (QED) is 0.142. The first kappa shape index (κ1) is 44.7. The van der Waals surface area contributed by atoms with E-state index in [1.54, 1.807) is 0 Å². The van der Waals surface area contributed by atoms with Crippen LogP contribution >= 0.6 is 0 Å². The summed E-state index contributed by atoms with van der Waals surface area (Å²) in [7, 11) is -4.94. The van der Waals surface area contributed by atoms with Crippen molar-refractivity contribution in [2.45, 2.75) is 218 Å². The second kappa shape index (κ2) is 13.8. The monoisotopic (exact) mass is 851 g/mol. The van der Waals surface area contributed by atoms with Crippen LogP contribution in [0.2, 0.25) is 36.3 Å². The fourth-order valence-electron chi connectivity index (χ4n) is 16.2. The molecule has 0 aromatic rings. The number of hydrogen-bond acceptors (Lipinski definition) is 7. The molecule has 0 saturated heterocycles. The van der Waals surface area contributed by atoms with Gasteiger partial charge in [-0.25, -0.2) is 0 Å². The first-order valence-electron chi connectivity index (χ1n) is 24.0. The minimum absolute atomic E-state index is 0.0614. The molecule has 0 aliphatic heterocycles. The molecule has 9 heteroatoms. The molecular weight excluding hydrogens is 769 g/mol. The standard InChI is InChI=1S/C50H82O7Si2/c1-43(2,29-49(55)23-21-45(5)31(27-49)25-37(51)41-33-13-15-39(53)47(33,7)19-17-35(41)45)58(9,10)57-59(11,12)44(3,4)30-50(56)24-22-46(6)32(28-50)26-38(52)42-34-14-16-40(54)48(34,8)20-18-36(42)46/h25-26,33-38,41-42,51-52,55-56H,13-24,27-30H2,1-12H3/t33?,34?,35?,36?,37?,38?,41?,42?,45-,46-,47-,48-,49-,50+/m0/s1. The van der Waals surface area contributed by atoms with Gasteiger partial charge in [-0.15, -0.1) is 0 Å². The largest absolute Gasteiger partial charge is 0.455 e. The van der Waals surface area contributed by atoms with Crippen molar-refractivity contribution in [2.75, 3.05) is 0 Å². The highest BCUT2D eigenvalue weighted by Gasteiger charge is 2.64. The Kier molecular flexibility index (Phi) is 10.4. The van der Waals surface area contributed by atoms with Gasteiger partial charge in [-0.05, 0) is 172 Å². The van der Waals surface area contributed by atoms with E-state index in [-0.39, 0.29) is 55.4 Å². The Labute approximate surface area is 359 Å². The van der Waals surface area contributed by atoms with Crippen LogP contribution in [0.15, 0.2) is 23.3 Å². The Morgan fingerprint density at radius 3 is 1.27 bits per heavy atom. The van der Waals surface area contributed by atoms with E-state index in [1.165, 1.54) is 11.1 Å². The van der Waals surface area contributed by atoms with Crippen molar-refractivity contribution in [1.82, 2.24) is 0 Å². The Hall–Kier alpha value is -0.946. The minimum atomic E-state index is -2.47. The first-order valence-corrected chi connectivity index (χ1v) is 29.8. The van der Waals surface area contributed by atoms with Gasteiger partial charge in [-0.2, -0.15) is 0 Å². The molecule has 8 aliphatic carbocycles. The zero-order valence-corrected chi connectivity index (χ0v) is 41.1. The van der Waals surface area contributed by atoms with E-state index < -0.39 is 40.0 Å². The molecule has 0 aromatic heterocycles. The third kappa shape index (κ3) is 6.67. The fourth-order valence-corrected chi connectivity index (χ4v) is 25.1. The number of aliphatic hydroxyl groups excluding tert-OH is 2. The molecule has 0 amide bonds. The molecule has 0 bridgehead atoms. The average Bonchev–Trinajstić information content (AvgIpc) is 3.59. The Balaban J connectivity index is 0.948. The van der Waals surface area contributed by atoms with Crippen molar-refractivity contribution in [3.8, 4) is 0 Å². The molecular formula is C50H82O7Si2. The molecule has 8 aliphatic rings. The zero-order valence-electron chi connectivity index (χ0n) is 39.1. The van der Waals surface area contributed by atoms with Gasteiger partial charge in [0.1, 0.15) is 11.6 Å². The number of fused-ring (bicyclic) bond motifs is 10. The van der Waals surface area contributed by atoms with Crippen molar-refractivity contribution in [3.63, 3.8) is 0 Å². The van der Waals surface area contributed by atoms with E-state index >= 15 is 0 Å². The molecule has 7 nitrogen and oxygen atoms in total. The highest BCUT2D eigenvalue weighted by Crippen LogP contribution is 2.68. The van der Waals surface area contributed by atoms with Crippen LogP contribution in [0.3, 0.4) is 0 Å². The second-order valence-corrected chi connectivity index (χ2v) is 35.2. The Morgan fingerprint density at radius 1 is 0.576 bits per heavy atom. The zero-order chi connectivity index (χ0) is 43.4. The number of ketones is 2. The van der Waals surface area contributed by atoms with E-state index in [2.05, 4.69) is 93.7 Å². The van der Waals surface area contributed by atoms with Crippen LogP contribution in [-0.4, -0.2) is 72.0 Å². The molecule has 8 rings (SSSR count). The highest BCUT2D eigenvalue weighted by atomic mass is 28.4. The molecule has 14 atom stereocenters. The van der Waals surface area contributed by atoms with Gasteiger partial charge in [0.2, 0.25) is 0 Å². The maximum Gasteiger partial charge on any atom is 0.179 e. The van der Waals surface area contributed by atoms with Crippen LogP contribution in [0.25, 0.3) is 0 Å². The second-order valence-electron chi connectivity index (χ2n) is 25.7. The van der Waals surface area contributed by atoms with Crippen molar-refractivity contribution in [1.29, 1.82) is 0 Å². The van der Waals surface area contributed by atoms with Gasteiger partial charge >= 0.3 is 0 Å². The van der Waals surface area contributed by atoms with Gasteiger partial charge < -0.3 is 24.5 Å². The van der Waals surface area contributed by atoms with Gasteiger partial charge in [0.05, 0.1) is 23.4 Å². The molecule has 6 fully saturated rings. The van der Waals surface area contributed by atoms with Crippen LogP contribution in [0.1, 0.15) is 158 Å². The van der Waals surface area contributed by atoms with E-state index in [0.29, 0.717) is 61.9 Å². The lowest BCUT2D eigenvalue weighted by molar-refractivity contribution is -0.137. The minimum Gasteiger partial charge on any atom is -0.455 e. The number of rotatable bonds is 8. The topological polar surface area (TPSA) is 124 Å². The smallest absolute Gasteiger partial charge is 0.179 e. The van der Waals surface area contributed by atoms with Crippen LogP contribution in [-0.2, 0) is 13.7 Å². The predicted octanol–water partition coefficient (Wildman–Crippen LogP) is 10.2. The summed E-state index contributed by atoms with van der Waals surface area (Å²) in [6.07, 6.45) is 15.7. The van der Waals surface area contributed by atoms with Crippen LogP contribution in [0.4, 0.5) is 0 Å². The summed E-state index contributed by atoms with van der Waals surface area (Å²) in [6, 6.07) is 0. The third-order valence-corrected chi connectivity index (χ3v) is 32.2. The summed E-state index contributed by atoms with van der Waals surface area (Å²) >= 11 is 0. The number of aliphatic hydroxyl groups is 4. The van der Waals surface area contributed by atoms with Crippen LogP contribution in [0, 0.1) is 57.2 Å². The maximum absolute atomic E-state index is 13.0. The lowest BCUT2D eigenvalue weighted by Crippen LogP contribution is -2.59. The van der Waals surface area contributed by atoms with Gasteiger partial charge in [-0.3, -0.25) is 9.59 Å². The van der Waals surface area contributed by atoms with Crippen LogP contribution in [0.5, 0.6) is 0 Å². The van der Waals surface area contributed by atoms with E-state index in [4.69, 9.17) is 4.12 Å². The number of carbonyl (C=O) groups excluding carboxylic acids is 2. The van der Waals surface area contributed by atoms with Crippen molar-refractivity contribution in [3.05, 3.63) is 23.3 Å². The van der Waals surface area contributed by atoms with Gasteiger partial charge in [0.15, 0.2) is 16.6 Å². The summed E-state index contributed by atoms with van der Waals surface area (Å²) in [5.74, 6) is 2.20. The molecule has 4 N–H and O–H groups in total. The maximum atomic E-state index is 13.0. The summed E-state index contributed by atoms with van der Waals surface area (Å²) in [6.45, 7) is 27.7. The predicted molar refractivity (Wildman–Crippen MR) is 239 cm³/mol. The summed E-state index contributed by atoms with van der Waals surface area (Å²) < 4.78 is 7.56. The molecule has 6 saturated carbocycles. The Morgan fingerprint density at radius 2 is 0.915 bits per heavy atom. The molecule has 0 spiro atoms. The lowest BCUT2D eigenvalue weighted by atomic mass is 9.46. The number of Topliss-reactive ketones (excluding diaryl/α,β-unsaturated/α-hetero) is 2.